The van der Waals surface area contributed by atoms with E-state index in [0.717, 1.165) is 31.5 Å². The normalized spacial score (nSPS) is 22.6. The predicted molar refractivity (Wildman–Crippen MR) is 73.0 cm³/mol. The van der Waals surface area contributed by atoms with E-state index in [2.05, 4.69) is 5.32 Å². The highest BCUT2D eigenvalue weighted by Crippen LogP contribution is 2.28. The number of nitrogens with zero attached hydrogens (tertiary/aromatic N) is 1. The van der Waals surface area contributed by atoms with Crippen LogP contribution in [-0.2, 0) is 11.3 Å². The molecule has 110 valence electrons. The fraction of sp³-hybridized carbons (Fsp3) is 0.533. The fourth-order valence-corrected chi connectivity index (χ4v) is 2.68. The quantitative estimate of drug-likeness (QED) is 0.922. The molecule has 1 aromatic rings. The Hall–Kier alpha value is -1.49. The Morgan fingerprint density at radius 3 is 2.75 bits per heavy atom. The van der Waals surface area contributed by atoms with Gasteiger partial charge in [0.1, 0.15) is 0 Å². The second-order valence-electron chi connectivity index (χ2n) is 5.75. The summed E-state index contributed by atoms with van der Waals surface area (Å²) in [6.07, 6.45) is 1.82. The van der Waals surface area contributed by atoms with Crippen LogP contribution in [0, 0.1) is 17.0 Å². The molecule has 1 fully saturated rings. The highest BCUT2D eigenvalue weighted by molar-refractivity contribution is 5.82. The van der Waals surface area contributed by atoms with E-state index in [1.54, 1.807) is 11.9 Å². The fourth-order valence-electron chi connectivity index (χ4n) is 2.68. The van der Waals surface area contributed by atoms with Crippen molar-refractivity contribution in [2.24, 2.45) is 5.41 Å². The number of hydrogen-bond donors (Lipinski definition) is 1. The number of nitrogens with one attached hydrogen (secondary N) is 1. The Labute approximate surface area is 118 Å². The van der Waals surface area contributed by atoms with Crippen LogP contribution in [0.25, 0.3) is 0 Å². The second kappa shape index (κ2) is 5.87. The van der Waals surface area contributed by atoms with Gasteiger partial charge < -0.3 is 10.2 Å². The third-order valence-electron chi connectivity index (χ3n) is 3.86. The van der Waals surface area contributed by atoms with Crippen molar-refractivity contribution < 1.29 is 13.6 Å². The van der Waals surface area contributed by atoms with E-state index in [-0.39, 0.29) is 12.5 Å². The van der Waals surface area contributed by atoms with Crippen LogP contribution >= 0.6 is 0 Å². The van der Waals surface area contributed by atoms with Gasteiger partial charge in [-0.3, -0.25) is 4.79 Å². The highest BCUT2D eigenvalue weighted by atomic mass is 19.2. The van der Waals surface area contributed by atoms with E-state index in [9.17, 15) is 13.6 Å². The zero-order valence-electron chi connectivity index (χ0n) is 11.9. The summed E-state index contributed by atoms with van der Waals surface area (Å²) in [5.41, 5.74) is 0.179. The van der Waals surface area contributed by atoms with E-state index in [4.69, 9.17) is 0 Å². The summed E-state index contributed by atoms with van der Waals surface area (Å²) in [6, 6.07) is 3.73. The van der Waals surface area contributed by atoms with Crippen molar-refractivity contribution in [2.75, 3.05) is 20.1 Å². The summed E-state index contributed by atoms with van der Waals surface area (Å²) in [5.74, 6) is -1.71. The van der Waals surface area contributed by atoms with Gasteiger partial charge in [0, 0.05) is 20.1 Å². The number of carbonyl (C=O) groups is 1. The molecule has 2 rings (SSSR count). The smallest absolute Gasteiger partial charge is 0.229 e. The van der Waals surface area contributed by atoms with Crippen molar-refractivity contribution >= 4 is 5.91 Å². The molecule has 3 nitrogen and oxygen atoms in total. The zero-order valence-corrected chi connectivity index (χ0v) is 11.9. The largest absolute Gasteiger partial charge is 0.341 e. The number of piperidine rings is 1. The molecule has 1 N–H and O–H groups in total. The first-order valence-electron chi connectivity index (χ1n) is 6.82. The summed E-state index contributed by atoms with van der Waals surface area (Å²) >= 11 is 0. The first kappa shape index (κ1) is 14.9. The second-order valence-corrected chi connectivity index (χ2v) is 5.75. The number of halogens is 2. The number of benzene rings is 1. The lowest BCUT2D eigenvalue weighted by Gasteiger charge is -2.36. The topological polar surface area (TPSA) is 32.3 Å². The van der Waals surface area contributed by atoms with Crippen LogP contribution in [0.1, 0.15) is 25.3 Å². The Morgan fingerprint density at radius 1 is 1.40 bits per heavy atom. The predicted octanol–water partition coefficient (Wildman–Crippen LogP) is 2.31. The molecule has 1 saturated heterocycles. The molecule has 5 heteroatoms. The molecule has 1 heterocycles. The van der Waals surface area contributed by atoms with Crippen LogP contribution in [0.15, 0.2) is 18.2 Å². The summed E-state index contributed by atoms with van der Waals surface area (Å²) in [4.78, 5) is 14.1. The van der Waals surface area contributed by atoms with Crippen molar-refractivity contribution in [3.8, 4) is 0 Å². The number of rotatable bonds is 3. The zero-order chi connectivity index (χ0) is 14.8. The molecule has 1 unspecified atom stereocenters. The number of carbonyl (C=O) groups excluding carboxylic acids is 1. The van der Waals surface area contributed by atoms with Gasteiger partial charge in [0.15, 0.2) is 11.6 Å². The van der Waals surface area contributed by atoms with Crippen molar-refractivity contribution in [1.29, 1.82) is 0 Å². The average Bonchev–Trinajstić information content (AvgIpc) is 2.43. The molecule has 1 amide bonds. The molecule has 1 aliphatic rings. The number of amides is 1. The lowest BCUT2D eigenvalue weighted by Crippen LogP contribution is -2.48. The van der Waals surface area contributed by atoms with Gasteiger partial charge in [-0.15, -0.1) is 0 Å². The van der Waals surface area contributed by atoms with Crippen LogP contribution in [0.2, 0.25) is 0 Å². The van der Waals surface area contributed by atoms with Crippen LogP contribution in [0.4, 0.5) is 8.78 Å². The first-order valence-corrected chi connectivity index (χ1v) is 6.82. The minimum absolute atomic E-state index is 0.0365. The molecule has 1 aromatic carbocycles. The molecule has 1 atom stereocenters. The van der Waals surface area contributed by atoms with Crippen LogP contribution < -0.4 is 5.32 Å². The average molecular weight is 282 g/mol. The Kier molecular flexibility index (Phi) is 4.38. The molecule has 0 bridgehead atoms. The monoisotopic (exact) mass is 282 g/mol. The number of hydrogen-bond acceptors (Lipinski definition) is 2. The molecular weight excluding hydrogens is 262 g/mol. The Balaban J connectivity index is 2.05. The minimum Gasteiger partial charge on any atom is -0.341 e. The van der Waals surface area contributed by atoms with Crippen LogP contribution in [0.3, 0.4) is 0 Å². The standard InChI is InChI=1S/C15H20F2N2O/c1-15(6-3-7-18-10-15)14(20)19(2)9-11-4-5-12(16)13(17)8-11/h4-5,8,18H,3,6-7,9-10H2,1-2H3. The maximum Gasteiger partial charge on any atom is 0.229 e. The summed E-state index contributed by atoms with van der Waals surface area (Å²) in [7, 11) is 1.70. The Bertz CT molecular complexity index is 499. The molecule has 0 radical (unpaired) electrons. The molecule has 0 aromatic heterocycles. The van der Waals surface area contributed by atoms with Crippen molar-refractivity contribution in [1.82, 2.24) is 10.2 Å². The lowest BCUT2D eigenvalue weighted by molar-refractivity contribution is -0.141. The van der Waals surface area contributed by atoms with Gasteiger partial charge in [-0.1, -0.05) is 6.07 Å². The van der Waals surface area contributed by atoms with Gasteiger partial charge in [-0.2, -0.15) is 0 Å². The molecule has 1 aliphatic heterocycles. The van der Waals surface area contributed by atoms with Crippen molar-refractivity contribution in [3.05, 3.63) is 35.4 Å². The van der Waals surface area contributed by atoms with Gasteiger partial charge in [0.2, 0.25) is 5.91 Å². The summed E-state index contributed by atoms with van der Waals surface area (Å²) in [5, 5.41) is 3.23. The van der Waals surface area contributed by atoms with Gasteiger partial charge >= 0.3 is 0 Å². The SMILES string of the molecule is CN(Cc1ccc(F)c(F)c1)C(=O)C1(C)CCCNC1. The van der Waals surface area contributed by atoms with E-state index < -0.39 is 17.0 Å². The molecule has 0 spiro atoms. The van der Waals surface area contributed by atoms with Gasteiger partial charge in [-0.05, 0) is 44.0 Å². The Morgan fingerprint density at radius 2 is 2.15 bits per heavy atom. The van der Waals surface area contributed by atoms with Gasteiger partial charge in [-0.25, -0.2) is 8.78 Å². The van der Waals surface area contributed by atoms with Crippen molar-refractivity contribution in [3.63, 3.8) is 0 Å². The molecular formula is C15H20F2N2O. The maximum absolute atomic E-state index is 13.2. The molecule has 20 heavy (non-hydrogen) atoms. The van der Waals surface area contributed by atoms with E-state index in [1.165, 1.54) is 6.07 Å². The van der Waals surface area contributed by atoms with Gasteiger partial charge in [0.25, 0.3) is 0 Å². The molecule has 0 aliphatic carbocycles. The van der Waals surface area contributed by atoms with E-state index in [1.807, 2.05) is 6.92 Å². The van der Waals surface area contributed by atoms with Crippen LogP contribution in [0.5, 0.6) is 0 Å². The van der Waals surface area contributed by atoms with E-state index >= 15 is 0 Å². The minimum atomic E-state index is -0.881. The van der Waals surface area contributed by atoms with Crippen molar-refractivity contribution in [2.45, 2.75) is 26.3 Å². The summed E-state index contributed by atoms with van der Waals surface area (Å²) < 4.78 is 26.1. The third-order valence-corrected chi connectivity index (χ3v) is 3.86. The maximum atomic E-state index is 13.2. The first-order chi connectivity index (χ1) is 9.42. The third kappa shape index (κ3) is 3.15. The lowest BCUT2D eigenvalue weighted by atomic mass is 9.81. The van der Waals surface area contributed by atoms with Gasteiger partial charge in [0.05, 0.1) is 5.41 Å². The molecule has 0 saturated carbocycles. The van der Waals surface area contributed by atoms with Crippen LogP contribution in [-0.4, -0.2) is 30.9 Å². The summed E-state index contributed by atoms with van der Waals surface area (Å²) in [6.45, 7) is 3.83. The highest BCUT2D eigenvalue weighted by Gasteiger charge is 2.36. The van der Waals surface area contributed by atoms with E-state index in [0.29, 0.717) is 12.1 Å².